The zero-order valence-corrected chi connectivity index (χ0v) is 12.8. The van der Waals surface area contributed by atoms with Crippen molar-refractivity contribution in [3.05, 3.63) is 41.7 Å². The predicted octanol–water partition coefficient (Wildman–Crippen LogP) is 2.85. The molecule has 108 valence electrons. The monoisotopic (exact) mass is 272 g/mol. The van der Waals surface area contributed by atoms with Crippen LogP contribution in [0.3, 0.4) is 0 Å². The number of nitrogens with zero attached hydrogens (tertiary/aromatic N) is 2. The van der Waals surface area contributed by atoms with Crippen LogP contribution >= 0.6 is 0 Å². The van der Waals surface area contributed by atoms with Gasteiger partial charge in [-0.1, -0.05) is 38.5 Å². The largest absolute Gasteiger partial charge is 0.381 e. The van der Waals surface area contributed by atoms with Gasteiger partial charge in [-0.15, -0.1) is 0 Å². The van der Waals surface area contributed by atoms with Crippen LogP contribution in [-0.4, -0.2) is 22.9 Å². The van der Waals surface area contributed by atoms with E-state index in [1.807, 2.05) is 10.9 Å². The molecule has 20 heavy (non-hydrogen) atoms. The summed E-state index contributed by atoms with van der Waals surface area (Å²) in [5.41, 5.74) is 10.1. The fourth-order valence-electron chi connectivity index (χ4n) is 2.29. The lowest BCUT2D eigenvalue weighted by atomic mass is 9.91. The summed E-state index contributed by atoms with van der Waals surface area (Å²) in [6.07, 6.45) is 1.89. The summed E-state index contributed by atoms with van der Waals surface area (Å²) >= 11 is 0. The first-order valence-electron chi connectivity index (χ1n) is 7.03. The van der Waals surface area contributed by atoms with Crippen LogP contribution in [0.4, 0.5) is 5.69 Å². The Morgan fingerprint density at radius 1 is 1.20 bits per heavy atom. The smallest absolute Gasteiger partial charge is 0.0769 e. The molecule has 0 atom stereocenters. The molecule has 1 aromatic carbocycles. The summed E-state index contributed by atoms with van der Waals surface area (Å²) in [4.78, 5) is 0. The molecule has 1 aromatic heterocycles. The molecule has 4 heteroatoms. The van der Waals surface area contributed by atoms with E-state index in [1.165, 1.54) is 11.3 Å². The Labute approximate surface area is 121 Å². The molecule has 0 spiro atoms. The van der Waals surface area contributed by atoms with Gasteiger partial charge < -0.3 is 11.1 Å². The van der Waals surface area contributed by atoms with E-state index >= 15 is 0 Å². The highest BCUT2D eigenvalue weighted by Crippen LogP contribution is 2.31. The van der Waals surface area contributed by atoms with Gasteiger partial charge in [0, 0.05) is 18.5 Å². The molecule has 0 saturated carbocycles. The zero-order valence-electron chi connectivity index (χ0n) is 12.8. The molecular formula is C16H24N4. The van der Waals surface area contributed by atoms with E-state index in [2.05, 4.69) is 62.4 Å². The highest BCUT2D eigenvalue weighted by atomic mass is 15.3. The fraction of sp³-hybridized carbons (Fsp3) is 0.438. The number of aryl methyl sites for hydroxylation is 1. The molecule has 0 aliphatic rings. The molecule has 4 nitrogen and oxygen atoms in total. The number of aromatic nitrogens is 2. The van der Waals surface area contributed by atoms with Crippen molar-refractivity contribution >= 4 is 5.69 Å². The van der Waals surface area contributed by atoms with E-state index in [9.17, 15) is 0 Å². The van der Waals surface area contributed by atoms with Crippen LogP contribution in [0.15, 0.2) is 30.5 Å². The van der Waals surface area contributed by atoms with Gasteiger partial charge in [0.2, 0.25) is 0 Å². The maximum absolute atomic E-state index is 5.58. The first kappa shape index (κ1) is 14.6. The maximum atomic E-state index is 5.58. The van der Waals surface area contributed by atoms with Crippen molar-refractivity contribution in [2.24, 2.45) is 5.73 Å². The summed E-state index contributed by atoms with van der Waals surface area (Å²) < 4.78 is 2.01. The highest BCUT2D eigenvalue weighted by Gasteiger charge is 2.24. The molecule has 1 heterocycles. The molecule has 0 radical (unpaired) electrons. The van der Waals surface area contributed by atoms with E-state index in [0.29, 0.717) is 6.54 Å². The molecule has 0 unspecified atom stereocenters. The Balaban J connectivity index is 2.47. The van der Waals surface area contributed by atoms with Crippen molar-refractivity contribution < 1.29 is 0 Å². The minimum Gasteiger partial charge on any atom is -0.381 e. The van der Waals surface area contributed by atoms with Crippen molar-refractivity contribution in [1.29, 1.82) is 0 Å². The second kappa shape index (κ2) is 5.67. The SMILES string of the molecule is Cc1ccc(-n2ncc(NCCN)c2C(C)(C)C)cc1. The van der Waals surface area contributed by atoms with Crippen LogP contribution in [0, 0.1) is 6.92 Å². The quantitative estimate of drug-likeness (QED) is 0.900. The Morgan fingerprint density at radius 2 is 1.85 bits per heavy atom. The predicted molar refractivity (Wildman–Crippen MR) is 84.5 cm³/mol. The van der Waals surface area contributed by atoms with Gasteiger partial charge in [0.15, 0.2) is 0 Å². The molecule has 0 aliphatic carbocycles. The van der Waals surface area contributed by atoms with Gasteiger partial charge in [0.05, 0.1) is 23.3 Å². The van der Waals surface area contributed by atoms with Gasteiger partial charge in [-0.2, -0.15) is 5.10 Å². The molecule has 0 saturated heterocycles. The summed E-state index contributed by atoms with van der Waals surface area (Å²) in [7, 11) is 0. The second-order valence-electron chi connectivity index (χ2n) is 6.12. The minimum atomic E-state index is -0.00167. The lowest BCUT2D eigenvalue weighted by molar-refractivity contribution is 0.545. The lowest BCUT2D eigenvalue weighted by Crippen LogP contribution is -2.21. The third-order valence-electron chi connectivity index (χ3n) is 3.22. The first-order valence-corrected chi connectivity index (χ1v) is 7.03. The molecule has 3 N–H and O–H groups in total. The number of nitrogens with two attached hydrogens (primary N) is 1. The van der Waals surface area contributed by atoms with E-state index in [-0.39, 0.29) is 5.41 Å². The molecule has 2 aromatic rings. The van der Waals surface area contributed by atoms with Crippen LogP contribution in [0.5, 0.6) is 0 Å². The topological polar surface area (TPSA) is 55.9 Å². The fourth-order valence-corrected chi connectivity index (χ4v) is 2.29. The Bertz CT molecular complexity index is 561. The van der Waals surface area contributed by atoms with Crippen molar-refractivity contribution in [3.8, 4) is 5.69 Å². The molecule has 0 fully saturated rings. The maximum Gasteiger partial charge on any atom is 0.0769 e. The van der Waals surface area contributed by atoms with Crippen LogP contribution in [0.1, 0.15) is 32.0 Å². The zero-order chi connectivity index (χ0) is 14.8. The second-order valence-corrected chi connectivity index (χ2v) is 6.12. The normalized spacial score (nSPS) is 11.7. The van der Waals surface area contributed by atoms with Crippen molar-refractivity contribution in [2.45, 2.75) is 33.1 Å². The number of hydrogen-bond donors (Lipinski definition) is 2. The average Bonchev–Trinajstić information content (AvgIpc) is 2.81. The van der Waals surface area contributed by atoms with Gasteiger partial charge in [0.25, 0.3) is 0 Å². The molecule has 0 amide bonds. The van der Waals surface area contributed by atoms with Gasteiger partial charge in [0.1, 0.15) is 0 Å². The summed E-state index contributed by atoms with van der Waals surface area (Å²) in [6.45, 7) is 10.0. The number of nitrogens with one attached hydrogen (secondary N) is 1. The van der Waals surface area contributed by atoms with Crippen LogP contribution in [0.25, 0.3) is 5.69 Å². The van der Waals surface area contributed by atoms with E-state index in [0.717, 1.165) is 17.9 Å². The van der Waals surface area contributed by atoms with E-state index in [4.69, 9.17) is 5.73 Å². The number of anilines is 1. The van der Waals surface area contributed by atoms with Crippen LogP contribution in [-0.2, 0) is 5.41 Å². The van der Waals surface area contributed by atoms with Gasteiger partial charge in [-0.25, -0.2) is 4.68 Å². The highest BCUT2D eigenvalue weighted by molar-refractivity contribution is 5.53. The molecule has 0 aliphatic heterocycles. The standard InChI is InChI=1S/C16H24N4/c1-12-5-7-13(8-6-12)20-15(16(2,3)4)14(11-19-20)18-10-9-17/h5-8,11,18H,9-10,17H2,1-4H3. The third-order valence-corrected chi connectivity index (χ3v) is 3.22. The number of benzene rings is 1. The number of hydrogen-bond acceptors (Lipinski definition) is 3. The average molecular weight is 272 g/mol. The Hall–Kier alpha value is -1.81. The van der Waals surface area contributed by atoms with Gasteiger partial charge >= 0.3 is 0 Å². The van der Waals surface area contributed by atoms with Crippen LogP contribution < -0.4 is 11.1 Å². The van der Waals surface area contributed by atoms with Crippen molar-refractivity contribution in [3.63, 3.8) is 0 Å². The summed E-state index contributed by atoms with van der Waals surface area (Å²) in [5.74, 6) is 0. The molecular weight excluding hydrogens is 248 g/mol. The minimum absolute atomic E-state index is 0.00167. The lowest BCUT2D eigenvalue weighted by Gasteiger charge is -2.23. The molecule has 2 rings (SSSR count). The third kappa shape index (κ3) is 3.02. The molecule has 0 bridgehead atoms. The Kier molecular flexibility index (Phi) is 4.14. The number of rotatable bonds is 4. The van der Waals surface area contributed by atoms with Crippen molar-refractivity contribution in [1.82, 2.24) is 9.78 Å². The Morgan fingerprint density at radius 3 is 2.40 bits per heavy atom. The first-order chi connectivity index (χ1) is 9.43. The van der Waals surface area contributed by atoms with E-state index in [1.54, 1.807) is 0 Å². The summed E-state index contributed by atoms with van der Waals surface area (Å²) in [5, 5.41) is 7.91. The van der Waals surface area contributed by atoms with Gasteiger partial charge in [-0.05, 0) is 19.1 Å². The van der Waals surface area contributed by atoms with Gasteiger partial charge in [-0.3, -0.25) is 0 Å². The summed E-state index contributed by atoms with van der Waals surface area (Å²) in [6, 6.07) is 8.42. The van der Waals surface area contributed by atoms with Crippen molar-refractivity contribution in [2.75, 3.05) is 18.4 Å². The van der Waals surface area contributed by atoms with Crippen LogP contribution in [0.2, 0.25) is 0 Å². The van der Waals surface area contributed by atoms with E-state index < -0.39 is 0 Å².